The van der Waals surface area contributed by atoms with E-state index in [9.17, 15) is 0 Å². The Hall–Kier alpha value is -0.410. The van der Waals surface area contributed by atoms with E-state index in [-0.39, 0.29) is 5.54 Å². The first-order valence-corrected chi connectivity index (χ1v) is 8.42. The molecule has 1 saturated carbocycles. The maximum Gasteiger partial charge on any atom is 0.0797 e. The van der Waals surface area contributed by atoms with E-state index in [1.54, 1.807) is 0 Å². The van der Waals surface area contributed by atoms with Crippen molar-refractivity contribution in [1.29, 1.82) is 0 Å². The highest BCUT2D eigenvalue weighted by molar-refractivity contribution is 7.09. The first-order valence-electron chi connectivity index (χ1n) is 7.54. The van der Waals surface area contributed by atoms with Crippen molar-refractivity contribution in [1.82, 2.24) is 10.3 Å². The first-order chi connectivity index (χ1) is 8.90. The van der Waals surface area contributed by atoms with E-state index in [4.69, 9.17) is 0 Å². The van der Waals surface area contributed by atoms with Gasteiger partial charge in [-0.25, -0.2) is 4.98 Å². The molecule has 1 heterocycles. The van der Waals surface area contributed by atoms with Crippen molar-refractivity contribution < 1.29 is 0 Å². The SMILES string of the molecule is Cc1ncsc1CCC1(CNC(C)(C)C)CCCC1. The van der Waals surface area contributed by atoms with E-state index < -0.39 is 0 Å². The lowest BCUT2D eigenvalue weighted by molar-refractivity contribution is 0.229. The maximum atomic E-state index is 4.37. The Bertz CT molecular complexity index is 397. The maximum absolute atomic E-state index is 4.37. The molecular weight excluding hydrogens is 252 g/mol. The Labute approximate surface area is 122 Å². The molecule has 0 aromatic carbocycles. The van der Waals surface area contributed by atoms with Crippen molar-refractivity contribution in [3.05, 3.63) is 16.1 Å². The van der Waals surface area contributed by atoms with Crippen LogP contribution in [0.3, 0.4) is 0 Å². The molecule has 2 rings (SSSR count). The molecule has 0 bridgehead atoms. The summed E-state index contributed by atoms with van der Waals surface area (Å²) in [6.45, 7) is 10.1. The van der Waals surface area contributed by atoms with Gasteiger partial charge in [0.25, 0.3) is 0 Å². The third-order valence-corrected chi connectivity index (χ3v) is 5.38. The summed E-state index contributed by atoms with van der Waals surface area (Å²) in [7, 11) is 0. The smallest absolute Gasteiger partial charge is 0.0797 e. The van der Waals surface area contributed by atoms with Gasteiger partial charge in [-0.15, -0.1) is 11.3 Å². The van der Waals surface area contributed by atoms with Gasteiger partial charge in [-0.05, 0) is 58.8 Å². The van der Waals surface area contributed by atoms with E-state index in [2.05, 4.69) is 38.0 Å². The van der Waals surface area contributed by atoms with Gasteiger partial charge in [-0.3, -0.25) is 0 Å². The molecule has 3 heteroatoms. The van der Waals surface area contributed by atoms with Gasteiger partial charge in [0.2, 0.25) is 0 Å². The lowest BCUT2D eigenvalue weighted by Gasteiger charge is -2.33. The van der Waals surface area contributed by atoms with Crippen LogP contribution in [-0.2, 0) is 6.42 Å². The quantitative estimate of drug-likeness (QED) is 0.868. The van der Waals surface area contributed by atoms with Crippen molar-refractivity contribution >= 4 is 11.3 Å². The first kappa shape index (κ1) is 15.0. The van der Waals surface area contributed by atoms with Gasteiger partial charge >= 0.3 is 0 Å². The predicted octanol–water partition coefficient (Wildman–Crippen LogP) is 4.33. The van der Waals surface area contributed by atoms with Gasteiger partial charge < -0.3 is 5.32 Å². The topological polar surface area (TPSA) is 24.9 Å². The second kappa shape index (κ2) is 5.92. The Morgan fingerprint density at radius 2 is 2.00 bits per heavy atom. The highest BCUT2D eigenvalue weighted by Crippen LogP contribution is 2.42. The average molecular weight is 280 g/mol. The van der Waals surface area contributed by atoms with Crippen molar-refractivity contribution in [2.75, 3.05) is 6.54 Å². The summed E-state index contributed by atoms with van der Waals surface area (Å²) in [5.41, 5.74) is 3.99. The van der Waals surface area contributed by atoms with E-state index in [1.165, 1.54) is 55.6 Å². The minimum atomic E-state index is 0.232. The van der Waals surface area contributed by atoms with Crippen LogP contribution in [0.4, 0.5) is 0 Å². The second-order valence-corrected chi connectivity index (χ2v) is 8.11. The fourth-order valence-corrected chi connectivity index (χ4v) is 3.82. The second-order valence-electron chi connectivity index (χ2n) is 7.17. The van der Waals surface area contributed by atoms with E-state index in [0.717, 1.165) is 0 Å². The Kier molecular flexibility index (Phi) is 4.67. The van der Waals surface area contributed by atoms with Crippen LogP contribution < -0.4 is 5.32 Å². The number of hydrogen-bond donors (Lipinski definition) is 1. The number of thiazole rings is 1. The molecule has 1 N–H and O–H groups in total. The fraction of sp³-hybridized carbons (Fsp3) is 0.812. The van der Waals surface area contributed by atoms with Crippen molar-refractivity contribution in [2.24, 2.45) is 5.41 Å². The molecule has 0 amide bonds. The zero-order valence-electron chi connectivity index (χ0n) is 12.9. The van der Waals surface area contributed by atoms with Crippen LogP contribution in [0, 0.1) is 12.3 Å². The molecule has 1 aromatic rings. The molecular formula is C16H28N2S. The number of aryl methyl sites for hydroxylation is 2. The van der Waals surface area contributed by atoms with Gasteiger partial charge in [-0.1, -0.05) is 12.8 Å². The van der Waals surface area contributed by atoms with Crippen LogP contribution >= 0.6 is 11.3 Å². The number of nitrogens with one attached hydrogen (secondary N) is 1. The molecule has 2 nitrogen and oxygen atoms in total. The van der Waals surface area contributed by atoms with Gasteiger partial charge in [0, 0.05) is 17.0 Å². The summed E-state index contributed by atoms with van der Waals surface area (Å²) in [4.78, 5) is 5.86. The lowest BCUT2D eigenvalue weighted by Crippen LogP contribution is -2.43. The molecule has 19 heavy (non-hydrogen) atoms. The normalized spacial score (nSPS) is 18.9. The third-order valence-electron chi connectivity index (χ3n) is 4.39. The molecule has 0 saturated heterocycles. The number of nitrogens with zero attached hydrogens (tertiary/aromatic N) is 1. The zero-order valence-corrected chi connectivity index (χ0v) is 13.7. The standard InChI is InChI=1S/C16H28N2S/c1-13-14(19-12-17-13)7-10-16(8-5-6-9-16)11-18-15(2,3)4/h12,18H,5-11H2,1-4H3. The van der Waals surface area contributed by atoms with E-state index in [0.29, 0.717) is 5.41 Å². The van der Waals surface area contributed by atoms with Crippen LogP contribution in [0.1, 0.15) is 63.4 Å². The summed E-state index contributed by atoms with van der Waals surface area (Å²) >= 11 is 1.82. The number of aromatic nitrogens is 1. The average Bonchev–Trinajstić information content (AvgIpc) is 2.93. The molecule has 1 aliphatic rings. The minimum absolute atomic E-state index is 0.232. The highest BCUT2D eigenvalue weighted by Gasteiger charge is 2.34. The third kappa shape index (κ3) is 4.28. The van der Waals surface area contributed by atoms with Crippen molar-refractivity contribution in [3.63, 3.8) is 0 Å². The van der Waals surface area contributed by atoms with Gasteiger partial charge in [0.05, 0.1) is 11.2 Å². The molecule has 0 unspecified atom stereocenters. The van der Waals surface area contributed by atoms with Gasteiger partial charge in [-0.2, -0.15) is 0 Å². The molecule has 1 aromatic heterocycles. The van der Waals surface area contributed by atoms with Crippen LogP contribution in [0.5, 0.6) is 0 Å². The summed E-state index contributed by atoms with van der Waals surface area (Å²) in [6, 6.07) is 0. The molecule has 1 aliphatic carbocycles. The monoisotopic (exact) mass is 280 g/mol. The van der Waals surface area contributed by atoms with Crippen molar-refractivity contribution in [3.8, 4) is 0 Å². The summed E-state index contributed by atoms with van der Waals surface area (Å²) in [5, 5.41) is 3.74. The number of hydrogen-bond acceptors (Lipinski definition) is 3. The zero-order chi connectivity index (χ0) is 13.9. The number of rotatable bonds is 5. The Morgan fingerprint density at radius 1 is 1.32 bits per heavy atom. The summed E-state index contributed by atoms with van der Waals surface area (Å²) < 4.78 is 0. The molecule has 0 atom stereocenters. The molecule has 0 aliphatic heterocycles. The Morgan fingerprint density at radius 3 is 2.53 bits per heavy atom. The molecule has 0 spiro atoms. The minimum Gasteiger partial charge on any atom is -0.312 e. The van der Waals surface area contributed by atoms with Crippen LogP contribution in [-0.4, -0.2) is 17.1 Å². The van der Waals surface area contributed by atoms with Crippen LogP contribution in [0.2, 0.25) is 0 Å². The molecule has 0 radical (unpaired) electrons. The largest absolute Gasteiger partial charge is 0.312 e. The van der Waals surface area contributed by atoms with Crippen LogP contribution in [0.25, 0.3) is 0 Å². The van der Waals surface area contributed by atoms with Crippen LogP contribution in [0.15, 0.2) is 5.51 Å². The summed E-state index contributed by atoms with van der Waals surface area (Å²) in [5.74, 6) is 0. The van der Waals surface area contributed by atoms with Gasteiger partial charge in [0.15, 0.2) is 0 Å². The van der Waals surface area contributed by atoms with Gasteiger partial charge in [0.1, 0.15) is 0 Å². The Balaban J connectivity index is 1.94. The summed E-state index contributed by atoms with van der Waals surface area (Å²) in [6.07, 6.45) is 8.14. The predicted molar refractivity (Wildman–Crippen MR) is 83.8 cm³/mol. The van der Waals surface area contributed by atoms with E-state index in [1.807, 2.05) is 16.8 Å². The van der Waals surface area contributed by atoms with Crippen molar-refractivity contribution in [2.45, 2.75) is 71.8 Å². The lowest BCUT2D eigenvalue weighted by atomic mass is 9.80. The van der Waals surface area contributed by atoms with E-state index >= 15 is 0 Å². The molecule has 1 fully saturated rings. The fourth-order valence-electron chi connectivity index (χ4n) is 3.04. The molecule has 108 valence electrons. The highest BCUT2D eigenvalue weighted by atomic mass is 32.1.